The van der Waals surface area contributed by atoms with E-state index in [0.29, 0.717) is 22.6 Å². The largest absolute Gasteiger partial charge is 0.456 e. The van der Waals surface area contributed by atoms with Crippen LogP contribution in [0.25, 0.3) is 0 Å². The van der Waals surface area contributed by atoms with Crippen molar-refractivity contribution in [1.29, 1.82) is 0 Å². The molecule has 0 aliphatic rings. The van der Waals surface area contributed by atoms with Crippen molar-refractivity contribution in [2.24, 2.45) is 5.73 Å². The van der Waals surface area contributed by atoms with Gasteiger partial charge in [0.2, 0.25) is 0 Å². The number of aliphatic hydroxyl groups excluding tert-OH is 1. The third-order valence-electron chi connectivity index (χ3n) is 2.58. The van der Waals surface area contributed by atoms with Crippen LogP contribution in [0.3, 0.4) is 0 Å². The molecule has 0 radical (unpaired) electrons. The molecule has 0 aliphatic carbocycles. The van der Waals surface area contributed by atoms with Gasteiger partial charge in [-0.1, -0.05) is 36.5 Å². The quantitative estimate of drug-likeness (QED) is 0.840. The monoisotopic (exact) mass is 337 g/mol. The number of hydrogen-bond donors (Lipinski definition) is 2. The van der Waals surface area contributed by atoms with E-state index in [9.17, 15) is 5.11 Å². The van der Waals surface area contributed by atoms with Crippen LogP contribution in [0.15, 0.2) is 46.9 Å². The van der Waals surface area contributed by atoms with Gasteiger partial charge in [-0.15, -0.1) is 0 Å². The van der Waals surface area contributed by atoms with Crippen molar-refractivity contribution in [1.82, 2.24) is 0 Å². The van der Waals surface area contributed by atoms with Crippen LogP contribution < -0.4 is 10.5 Å². The fraction of sp³-hybridized carbons (Fsp3) is 0.0714. The summed E-state index contributed by atoms with van der Waals surface area (Å²) in [6, 6.07) is 12.7. The zero-order valence-electron chi connectivity index (χ0n) is 9.97. The summed E-state index contributed by atoms with van der Waals surface area (Å²) >= 11 is 8.43. The lowest BCUT2D eigenvalue weighted by atomic mass is 10.2. The third kappa shape index (κ3) is 3.12. The van der Waals surface area contributed by atoms with E-state index in [1.807, 2.05) is 24.3 Å². The molecule has 2 aromatic rings. The van der Waals surface area contributed by atoms with Gasteiger partial charge in [0.1, 0.15) is 16.5 Å². The average Bonchev–Trinajstić information content (AvgIpc) is 2.39. The Kier molecular flexibility index (Phi) is 4.52. The molecule has 0 unspecified atom stereocenters. The summed E-state index contributed by atoms with van der Waals surface area (Å²) in [5.41, 5.74) is 7.06. The van der Waals surface area contributed by atoms with E-state index >= 15 is 0 Å². The Bertz CT molecular complexity index is 616. The SMILES string of the molecule is NC(=S)c1c(Br)cccc1Oc1ccccc1CO. The molecule has 2 aromatic carbocycles. The first-order valence-electron chi connectivity index (χ1n) is 5.58. The number of thiocarbonyl (C=S) groups is 1. The summed E-state index contributed by atoms with van der Waals surface area (Å²) in [6.07, 6.45) is 0. The van der Waals surface area contributed by atoms with Gasteiger partial charge >= 0.3 is 0 Å². The number of rotatable bonds is 4. The van der Waals surface area contributed by atoms with Crippen molar-refractivity contribution in [2.75, 3.05) is 0 Å². The van der Waals surface area contributed by atoms with Crippen LogP contribution in [0, 0.1) is 0 Å². The Morgan fingerprint density at radius 3 is 2.53 bits per heavy atom. The Morgan fingerprint density at radius 1 is 1.16 bits per heavy atom. The van der Waals surface area contributed by atoms with Crippen LogP contribution in [-0.2, 0) is 6.61 Å². The van der Waals surface area contributed by atoms with Gasteiger partial charge in [0, 0.05) is 10.0 Å². The molecule has 3 N–H and O–H groups in total. The highest BCUT2D eigenvalue weighted by Crippen LogP contribution is 2.32. The molecule has 0 heterocycles. The zero-order chi connectivity index (χ0) is 13.8. The molecule has 3 nitrogen and oxygen atoms in total. The van der Waals surface area contributed by atoms with Crippen LogP contribution in [0.1, 0.15) is 11.1 Å². The van der Waals surface area contributed by atoms with Gasteiger partial charge in [-0.2, -0.15) is 0 Å². The fourth-order valence-electron chi connectivity index (χ4n) is 1.68. The minimum Gasteiger partial charge on any atom is -0.456 e. The lowest BCUT2D eigenvalue weighted by Gasteiger charge is -2.13. The molecule has 0 aliphatic heterocycles. The molecular weight excluding hydrogens is 326 g/mol. The molecule has 2 rings (SSSR count). The van der Waals surface area contributed by atoms with E-state index in [4.69, 9.17) is 22.7 Å². The summed E-state index contributed by atoms with van der Waals surface area (Å²) in [7, 11) is 0. The minimum atomic E-state index is -0.0907. The maximum atomic E-state index is 9.29. The number of para-hydroxylation sites is 1. The Hall–Kier alpha value is -1.43. The molecule has 0 bridgehead atoms. The summed E-state index contributed by atoms with van der Waals surface area (Å²) in [5, 5.41) is 9.29. The van der Waals surface area contributed by atoms with Crippen molar-refractivity contribution in [3.8, 4) is 11.5 Å². The lowest BCUT2D eigenvalue weighted by Crippen LogP contribution is -2.11. The van der Waals surface area contributed by atoms with Crippen molar-refractivity contribution < 1.29 is 9.84 Å². The molecule has 0 fully saturated rings. The van der Waals surface area contributed by atoms with E-state index in [2.05, 4.69) is 15.9 Å². The van der Waals surface area contributed by atoms with E-state index in [1.165, 1.54) is 0 Å². The number of nitrogens with two attached hydrogens (primary N) is 1. The standard InChI is InChI=1S/C14H12BrNO2S/c15-10-5-3-7-12(13(10)14(16)19)18-11-6-2-1-4-9(11)8-17/h1-7,17H,8H2,(H2,16,19). The average molecular weight is 338 g/mol. The summed E-state index contributed by atoms with van der Waals surface area (Å²) in [6.45, 7) is -0.0907. The second kappa shape index (κ2) is 6.14. The predicted molar refractivity (Wildman–Crippen MR) is 82.5 cm³/mol. The van der Waals surface area contributed by atoms with Gasteiger partial charge in [0.25, 0.3) is 0 Å². The van der Waals surface area contributed by atoms with Crippen molar-refractivity contribution >= 4 is 33.1 Å². The van der Waals surface area contributed by atoms with Crippen LogP contribution in [-0.4, -0.2) is 10.1 Å². The number of benzene rings is 2. The first-order valence-corrected chi connectivity index (χ1v) is 6.78. The van der Waals surface area contributed by atoms with Gasteiger partial charge in [-0.25, -0.2) is 0 Å². The van der Waals surface area contributed by atoms with Gasteiger partial charge in [-0.3, -0.25) is 0 Å². The van der Waals surface area contributed by atoms with E-state index < -0.39 is 0 Å². The number of ether oxygens (including phenoxy) is 1. The van der Waals surface area contributed by atoms with Gasteiger partial charge in [0.05, 0.1) is 12.2 Å². The number of aliphatic hydroxyl groups is 1. The van der Waals surface area contributed by atoms with Gasteiger partial charge in [-0.05, 0) is 34.1 Å². The predicted octanol–water partition coefficient (Wildman–Crippen LogP) is 3.37. The summed E-state index contributed by atoms with van der Waals surface area (Å²) in [5.74, 6) is 1.14. The second-order valence-electron chi connectivity index (χ2n) is 3.85. The van der Waals surface area contributed by atoms with E-state index in [-0.39, 0.29) is 11.6 Å². The van der Waals surface area contributed by atoms with Crippen LogP contribution in [0.5, 0.6) is 11.5 Å². The highest BCUT2D eigenvalue weighted by Gasteiger charge is 2.12. The molecule has 0 atom stereocenters. The maximum absolute atomic E-state index is 9.29. The highest BCUT2D eigenvalue weighted by molar-refractivity contribution is 9.10. The molecule has 0 spiro atoms. The Balaban J connectivity index is 2.44. The maximum Gasteiger partial charge on any atom is 0.138 e. The lowest BCUT2D eigenvalue weighted by molar-refractivity contribution is 0.276. The van der Waals surface area contributed by atoms with Gasteiger partial charge in [0.15, 0.2) is 0 Å². The van der Waals surface area contributed by atoms with E-state index in [0.717, 1.165) is 4.47 Å². The van der Waals surface area contributed by atoms with Crippen LogP contribution in [0.4, 0.5) is 0 Å². The number of halogens is 1. The van der Waals surface area contributed by atoms with Crippen molar-refractivity contribution in [3.05, 3.63) is 58.1 Å². The molecule has 5 heteroatoms. The molecule has 98 valence electrons. The van der Waals surface area contributed by atoms with E-state index in [1.54, 1.807) is 18.2 Å². The van der Waals surface area contributed by atoms with Crippen LogP contribution in [0.2, 0.25) is 0 Å². The topological polar surface area (TPSA) is 55.5 Å². The van der Waals surface area contributed by atoms with Crippen molar-refractivity contribution in [2.45, 2.75) is 6.61 Å². The zero-order valence-corrected chi connectivity index (χ0v) is 12.4. The molecule has 0 saturated heterocycles. The molecule has 0 aromatic heterocycles. The third-order valence-corrected chi connectivity index (χ3v) is 3.45. The molecular formula is C14H12BrNO2S. The molecule has 0 saturated carbocycles. The van der Waals surface area contributed by atoms with Crippen LogP contribution >= 0.6 is 28.1 Å². The van der Waals surface area contributed by atoms with Crippen molar-refractivity contribution in [3.63, 3.8) is 0 Å². The fourth-order valence-corrected chi connectivity index (χ4v) is 2.58. The first kappa shape index (κ1) is 14.0. The van der Waals surface area contributed by atoms with Gasteiger partial charge < -0.3 is 15.6 Å². The Labute approximate surface area is 125 Å². The normalized spacial score (nSPS) is 10.2. The smallest absolute Gasteiger partial charge is 0.138 e. The second-order valence-corrected chi connectivity index (χ2v) is 5.14. The summed E-state index contributed by atoms with van der Waals surface area (Å²) in [4.78, 5) is 0.254. The molecule has 0 amide bonds. The Morgan fingerprint density at radius 2 is 1.84 bits per heavy atom. The summed E-state index contributed by atoms with van der Waals surface area (Å²) < 4.78 is 6.59. The molecule has 19 heavy (non-hydrogen) atoms. The first-order chi connectivity index (χ1) is 9.13. The number of hydrogen-bond acceptors (Lipinski definition) is 3. The minimum absolute atomic E-state index is 0.0907. The highest BCUT2D eigenvalue weighted by atomic mass is 79.9.